The third kappa shape index (κ3) is 1.08. The van der Waals surface area contributed by atoms with Crippen molar-refractivity contribution in [1.29, 1.82) is 0 Å². The van der Waals surface area contributed by atoms with Crippen LogP contribution in [0, 0.1) is 0 Å². The Balaban J connectivity index is 1.93. The minimum atomic E-state index is 0.144. The molecule has 0 aromatic heterocycles. The third-order valence-electron chi connectivity index (χ3n) is 0.840. The van der Waals surface area contributed by atoms with Crippen LogP contribution >= 0.6 is 0 Å². The molecule has 0 saturated carbocycles. The molecule has 0 aliphatic carbocycles. The van der Waals surface area contributed by atoms with Crippen LogP contribution in [0.15, 0.2) is 0 Å². The van der Waals surface area contributed by atoms with Gasteiger partial charge in [-0.15, -0.1) is 0 Å². The Morgan fingerprint density at radius 3 is 2.43 bits per heavy atom. The fraction of sp³-hybridized carbons (Fsp3) is 1.00. The zero-order valence-electron chi connectivity index (χ0n) is 3.86. The topological polar surface area (TPSA) is 74.1 Å². The van der Waals surface area contributed by atoms with Crippen LogP contribution in [0.1, 0.15) is 0 Å². The minimum Gasteiger partial charge on any atom is -0.276 e. The number of nitrogens with two attached hydrogens (primary N) is 1. The van der Waals surface area contributed by atoms with E-state index < -0.39 is 0 Å². The van der Waals surface area contributed by atoms with Crippen molar-refractivity contribution in [2.24, 2.45) is 5.84 Å². The lowest BCUT2D eigenvalue weighted by atomic mass is 10.6. The van der Waals surface area contributed by atoms with E-state index in [0.717, 1.165) is 6.67 Å². The van der Waals surface area contributed by atoms with Crippen LogP contribution < -0.4 is 27.4 Å². The van der Waals surface area contributed by atoms with E-state index >= 15 is 0 Å². The average Bonchev–Trinajstić information content (AvgIpc) is 1.55. The summed E-state index contributed by atoms with van der Waals surface area (Å²) in [7, 11) is 0. The zero-order chi connectivity index (χ0) is 5.11. The van der Waals surface area contributed by atoms with Gasteiger partial charge in [0.15, 0.2) is 0 Å². The number of hydrogen-bond acceptors (Lipinski definition) is 5. The molecule has 0 aromatic carbocycles. The monoisotopic (exact) mass is 103 g/mol. The number of nitrogens with one attached hydrogen (secondary N) is 4. The molecule has 1 aliphatic rings. The average molecular weight is 103 g/mol. The van der Waals surface area contributed by atoms with Gasteiger partial charge in [0.05, 0.1) is 6.67 Å². The molecule has 0 radical (unpaired) electrons. The summed E-state index contributed by atoms with van der Waals surface area (Å²) < 4.78 is 0. The van der Waals surface area contributed by atoms with E-state index in [-0.39, 0.29) is 6.29 Å². The van der Waals surface area contributed by atoms with Gasteiger partial charge in [-0.3, -0.25) is 16.5 Å². The number of hydrazine groups is 2. The van der Waals surface area contributed by atoms with Gasteiger partial charge in [-0.05, 0) is 0 Å². The highest BCUT2D eigenvalue weighted by Crippen LogP contribution is 1.73. The molecule has 0 bridgehead atoms. The molecule has 1 heterocycles. The van der Waals surface area contributed by atoms with Gasteiger partial charge in [-0.25, -0.2) is 5.43 Å². The Hall–Kier alpha value is -0.200. The maximum atomic E-state index is 4.90. The van der Waals surface area contributed by atoms with Crippen LogP contribution in [0.3, 0.4) is 0 Å². The molecule has 0 atom stereocenters. The van der Waals surface area contributed by atoms with Crippen molar-refractivity contribution in [3.63, 3.8) is 0 Å². The summed E-state index contributed by atoms with van der Waals surface area (Å²) in [5.41, 5.74) is 4.98. The highest BCUT2D eigenvalue weighted by molar-refractivity contribution is 4.65. The zero-order valence-corrected chi connectivity index (χ0v) is 3.86. The van der Waals surface area contributed by atoms with Gasteiger partial charge in [0.25, 0.3) is 0 Å². The van der Waals surface area contributed by atoms with Crippen LogP contribution in [0.5, 0.6) is 0 Å². The van der Waals surface area contributed by atoms with E-state index in [2.05, 4.69) is 21.6 Å². The van der Waals surface area contributed by atoms with Crippen LogP contribution in [-0.2, 0) is 0 Å². The van der Waals surface area contributed by atoms with E-state index in [0.29, 0.717) is 0 Å². The first-order valence-corrected chi connectivity index (χ1v) is 2.11. The molecule has 1 rings (SSSR count). The second kappa shape index (κ2) is 2.20. The van der Waals surface area contributed by atoms with Crippen LogP contribution in [0.2, 0.25) is 0 Å². The van der Waals surface area contributed by atoms with Crippen molar-refractivity contribution in [1.82, 2.24) is 21.6 Å². The predicted octanol–water partition coefficient (Wildman–Crippen LogP) is -2.61. The fourth-order valence-electron chi connectivity index (χ4n) is 0.390. The third-order valence-corrected chi connectivity index (χ3v) is 0.840. The van der Waals surface area contributed by atoms with Gasteiger partial charge in [-0.1, -0.05) is 0 Å². The lowest BCUT2D eigenvalue weighted by Gasteiger charge is -2.29. The summed E-state index contributed by atoms with van der Waals surface area (Å²) in [5.74, 6) is 4.90. The van der Waals surface area contributed by atoms with Gasteiger partial charge in [0, 0.05) is 0 Å². The van der Waals surface area contributed by atoms with E-state index in [1.54, 1.807) is 0 Å². The van der Waals surface area contributed by atoms with Crippen molar-refractivity contribution in [2.45, 2.75) is 6.29 Å². The van der Waals surface area contributed by atoms with Crippen molar-refractivity contribution in [3.05, 3.63) is 0 Å². The second-order valence-corrected chi connectivity index (χ2v) is 1.31. The summed E-state index contributed by atoms with van der Waals surface area (Å²) in [6, 6.07) is 0. The highest BCUT2D eigenvalue weighted by atomic mass is 15.6. The van der Waals surface area contributed by atoms with Crippen molar-refractivity contribution >= 4 is 0 Å². The Kier molecular flexibility index (Phi) is 1.55. The summed E-state index contributed by atoms with van der Waals surface area (Å²) in [6.45, 7) is 0.847. The normalized spacial score (nSPS) is 21.9. The van der Waals surface area contributed by atoms with Gasteiger partial charge in [-0.2, -0.15) is 5.53 Å². The lowest BCUT2D eigenvalue weighted by Crippen LogP contribution is -2.69. The maximum Gasteiger partial charge on any atom is 0.127 e. The molecular formula is C2H9N5. The molecule has 0 aromatic rings. The van der Waals surface area contributed by atoms with Crippen LogP contribution in [0.25, 0.3) is 0 Å². The summed E-state index contributed by atoms with van der Waals surface area (Å²) >= 11 is 0. The molecule has 1 saturated heterocycles. The summed E-state index contributed by atoms with van der Waals surface area (Å²) in [6.07, 6.45) is 0.144. The molecule has 5 heteroatoms. The van der Waals surface area contributed by atoms with Crippen LogP contribution in [-0.4, -0.2) is 13.0 Å². The van der Waals surface area contributed by atoms with E-state index in [4.69, 9.17) is 5.84 Å². The second-order valence-electron chi connectivity index (χ2n) is 1.31. The quantitative estimate of drug-likeness (QED) is 0.195. The molecule has 7 heavy (non-hydrogen) atoms. The first kappa shape index (κ1) is 4.95. The molecule has 1 fully saturated rings. The standard InChI is InChI=1S/C2H9N5/c3-7-6-2-4-1-5-2/h2,4-7H,1,3H2. The van der Waals surface area contributed by atoms with E-state index in [9.17, 15) is 0 Å². The van der Waals surface area contributed by atoms with Crippen molar-refractivity contribution in [2.75, 3.05) is 6.67 Å². The maximum absolute atomic E-state index is 4.90. The molecule has 6 N–H and O–H groups in total. The Morgan fingerprint density at radius 2 is 2.29 bits per heavy atom. The van der Waals surface area contributed by atoms with Gasteiger partial charge >= 0.3 is 0 Å². The molecular weight excluding hydrogens is 94.1 g/mol. The predicted molar refractivity (Wildman–Crippen MR) is 25.4 cm³/mol. The SMILES string of the molecule is NNNC1NCN1. The Bertz CT molecular complexity index is 50.0. The number of hydrogen-bond donors (Lipinski definition) is 5. The largest absolute Gasteiger partial charge is 0.276 e. The first-order valence-electron chi connectivity index (χ1n) is 2.11. The molecule has 0 unspecified atom stereocenters. The lowest BCUT2D eigenvalue weighted by molar-refractivity contribution is 0.222. The van der Waals surface area contributed by atoms with Crippen molar-refractivity contribution < 1.29 is 0 Å². The first-order chi connectivity index (χ1) is 3.43. The van der Waals surface area contributed by atoms with E-state index in [1.165, 1.54) is 0 Å². The fourth-order valence-corrected chi connectivity index (χ4v) is 0.390. The Labute approximate surface area is 41.6 Å². The molecule has 0 amide bonds. The van der Waals surface area contributed by atoms with Crippen molar-refractivity contribution in [3.8, 4) is 0 Å². The molecule has 42 valence electrons. The molecule has 1 aliphatic heterocycles. The van der Waals surface area contributed by atoms with Crippen LogP contribution in [0.4, 0.5) is 0 Å². The van der Waals surface area contributed by atoms with Gasteiger partial charge < -0.3 is 0 Å². The van der Waals surface area contributed by atoms with E-state index in [1.807, 2.05) is 0 Å². The van der Waals surface area contributed by atoms with Gasteiger partial charge in [0.1, 0.15) is 6.29 Å². The van der Waals surface area contributed by atoms with Gasteiger partial charge in [0.2, 0.25) is 0 Å². The Morgan fingerprint density at radius 1 is 1.57 bits per heavy atom. The molecule has 5 nitrogen and oxygen atoms in total. The minimum absolute atomic E-state index is 0.144. The smallest absolute Gasteiger partial charge is 0.127 e. The summed E-state index contributed by atoms with van der Waals surface area (Å²) in [5, 5.41) is 5.96. The summed E-state index contributed by atoms with van der Waals surface area (Å²) in [4.78, 5) is 0. The highest BCUT2D eigenvalue weighted by Gasteiger charge is 2.11. The number of rotatable bonds is 2. The molecule has 0 spiro atoms.